The van der Waals surface area contributed by atoms with Gasteiger partial charge in [-0.05, 0) is 18.4 Å². The van der Waals surface area contributed by atoms with Crippen LogP contribution in [0.1, 0.15) is 21.6 Å². The molecule has 1 aromatic carbocycles. The number of ether oxygens (including phenoxy) is 1. The Labute approximate surface area is 141 Å². The number of amides is 1. The molecule has 6 nitrogen and oxygen atoms in total. The van der Waals surface area contributed by atoms with Crippen molar-refractivity contribution < 1.29 is 9.53 Å². The molecule has 0 saturated carbocycles. The fourth-order valence-electron chi connectivity index (χ4n) is 3.49. The van der Waals surface area contributed by atoms with Crippen molar-refractivity contribution >= 4 is 5.91 Å². The van der Waals surface area contributed by atoms with Crippen LogP contribution in [0.4, 0.5) is 0 Å². The highest BCUT2D eigenvalue weighted by Gasteiger charge is 2.24. The number of aromatic amines is 1. The zero-order chi connectivity index (χ0) is 16.4. The average molecular weight is 326 g/mol. The van der Waals surface area contributed by atoms with E-state index < -0.39 is 0 Å². The molecule has 126 valence electrons. The largest absolute Gasteiger partial charge is 0.379 e. The Morgan fingerprint density at radius 3 is 2.96 bits per heavy atom. The van der Waals surface area contributed by atoms with Gasteiger partial charge in [0.05, 0.1) is 18.9 Å². The van der Waals surface area contributed by atoms with Crippen molar-refractivity contribution in [2.45, 2.75) is 12.8 Å². The van der Waals surface area contributed by atoms with Gasteiger partial charge < -0.3 is 10.1 Å². The van der Waals surface area contributed by atoms with Gasteiger partial charge >= 0.3 is 0 Å². The number of aromatic nitrogens is 2. The molecule has 1 aliphatic carbocycles. The summed E-state index contributed by atoms with van der Waals surface area (Å²) in [6.07, 6.45) is 1.81. The van der Waals surface area contributed by atoms with Gasteiger partial charge in [-0.25, -0.2) is 0 Å². The Bertz CT molecular complexity index is 734. The molecule has 0 radical (unpaired) electrons. The van der Waals surface area contributed by atoms with Gasteiger partial charge in [0.25, 0.3) is 5.91 Å². The maximum atomic E-state index is 12.5. The molecule has 2 aliphatic rings. The molecule has 0 bridgehead atoms. The van der Waals surface area contributed by atoms with E-state index in [1.54, 1.807) is 0 Å². The van der Waals surface area contributed by atoms with Crippen molar-refractivity contribution in [1.82, 2.24) is 20.4 Å². The molecule has 2 N–H and O–H groups in total. The van der Waals surface area contributed by atoms with Crippen LogP contribution in [0.25, 0.3) is 11.3 Å². The quantitative estimate of drug-likeness (QED) is 0.887. The molecular formula is C18H22N4O2. The molecule has 4 rings (SSSR count). The van der Waals surface area contributed by atoms with Crippen LogP contribution >= 0.6 is 0 Å². The average Bonchev–Trinajstić information content (AvgIpc) is 3.07. The van der Waals surface area contributed by atoms with Crippen LogP contribution < -0.4 is 5.32 Å². The van der Waals surface area contributed by atoms with E-state index in [1.165, 1.54) is 5.56 Å². The van der Waals surface area contributed by atoms with Gasteiger partial charge in [-0.15, -0.1) is 0 Å². The molecular weight excluding hydrogens is 304 g/mol. The van der Waals surface area contributed by atoms with Gasteiger partial charge in [0.2, 0.25) is 0 Å². The fraction of sp³-hybridized carbons (Fsp3) is 0.444. The van der Waals surface area contributed by atoms with Gasteiger partial charge in [0.15, 0.2) is 0 Å². The maximum Gasteiger partial charge on any atom is 0.269 e. The predicted molar refractivity (Wildman–Crippen MR) is 91.0 cm³/mol. The summed E-state index contributed by atoms with van der Waals surface area (Å²) < 4.78 is 5.33. The number of aryl methyl sites for hydroxylation is 1. The van der Waals surface area contributed by atoms with Crippen molar-refractivity contribution in [3.05, 3.63) is 41.1 Å². The lowest BCUT2D eigenvalue weighted by molar-refractivity contribution is 0.0383. The van der Waals surface area contributed by atoms with Crippen LogP contribution in [-0.4, -0.2) is 60.4 Å². The molecule has 0 unspecified atom stereocenters. The molecule has 1 aliphatic heterocycles. The molecule has 2 aromatic rings. The van der Waals surface area contributed by atoms with E-state index in [0.717, 1.165) is 62.5 Å². The normalized spacial score (nSPS) is 17.2. The minimum atomic E-state index is -0.0589. The van der Waals surface area contributed by atoms with E-state index in [4.69, 9.17) is 4.74 Å². The van der Waals surface area contributed by atoms with Crippen LogP contribution in [0, 0.1) is 0 Å². The first-order valence-electron chi connectivity index (χ1n) is 8.57. The Morgan fingerprint density at radius 2 is 2.08 bits per heavy atom. The first-order chi connectivity index (χ1) is 11.8. The van der Waals surface area contributed by atoms with Crippen LogP contribution in [0.2, 0.25) is 0 Å². The molecule has 1 saturated heterocycles. The summed E-state index contributed by atoms with van der Waals surface area (Å²) in [7, 11) is 0. The van der Waals surface area contributed by atoms with E-state index in [2.05, 4.69) is 38.6 Å². The summed E-state index contributed by atoms with van der Waals surface area (Å²) in [6.45, 7) is 4.93. The number of carbonyl (C=O) groups is 1. The minimum Gasteiger partial charge on any atom is -0.379 e. The van der Waals surface area contributed by atoms with Crippen molar-refractivity contribution in [2.75, 3.05) is 39.4 Å². The number of nitrogens with one attached hydrogen (secondary N) is 2. The first kappa shape index (κ1) is 15.4. The summed E-state index contributed by atoms with van der Waals surface area (Å²) in [5.74, 6) is -0.0589. The van der Waals surface area contributed by atoms with E-state index >= 15 is 0 Å². The SMILES string of the molecule is O=C(NCCN1CCOCC1)c1[nH]nc2c1CCc1ccccc1-2. The zero-order valence-electron chi connectivity index (χ0n) is 13.7. The third-order valence-electron chi connectivity index (χ3n) is 4.83. The molecule has 0 atom stereocenters. The lowest BCUT2D eigenvalue weighted by Crippen LogP contribution is -2.41. The molecule has 24 heavy (non-hydrogen) atoms. The number of carbonyl (C=O) groups excluding carboxylic acids is 1. The van der Waals surface area contributed by atoms with E-state index in [-0.39, 0.29) is 5.91 Å². The Morgan fingerprint density at radius 1 is 1.25 bits per heavy atom. The summed E-state index contributed by atoms with van der Waals surface area (Å²) in [4.78, 5) is 14.8. The zero-order valence-corrected chi connectivity index (χ0v) is 13.7. The lowest BCUT2D eigenvalue weighted by Gasteiger charge is -2.26. The third kappa shape index (κ3) is 2.95. The number of fused-ring (bicyclic) bond motifs is 3. The highest BCUT2D eigenvalue weighted by atomic mass is 16.5. The van der Waals surface area contributed by atoms with E-state index in [9.17, 15) is 4.79 Å². The van der Waals surface area contributed by atoms with Crippen LogP contribution in [0.3, 0.4) is 0 Å². The Balaban J connectivity index is 1.42. The number of H-pyrrole nitrogens is 1. The van der Waals surface area contributed by atoms with Gasteiger partial charge in [-0.3, -0.25) is 14.8 Å². The summed E-state index contributed by atoms with van der Waals surface area (Å²) in [5.41, 5.74) is 5.02. The predicted octanol–water partition coefficient (Wildman–Crippen LogP) is 1.24. The van der Waals surface area contributed by atoms with Crippen LogP contribution in [-0.2, 0) is 17.6 Å². The number of hydrogen-bond acceptors (Lipinski definition) is 4. The van der Waals surface area contributed by atoms with Crippen molar-refractivity contribution in [2.24, 2.45) is 0 Å². The summed E-state index contributed by atoms with van der Waals surface area (Å²) >= 11 is 0. The lowest BCUT2D eigenvalue weighted by atomic mass is 9.89. The van der Waals surface area contributed by atoms with Gasteiger partial charge in [-0.2, -0.15) is 5.10 Å². The van der Waals surface area contributed by atoms with Crippen molar-refractivity contribution in [1.29, 1.82) is 0 Å². The molecule has 1 aromatic heterocycles. The topological polar surface area (TPSA) is 70.2 Å². The van der Waals surface area contributed by atoms with E-state index in [0.29, 0.717) is 12.2 Å². The molecule has 1 fully saturated rings. The third-order valence-corrected chi connectivity index (χ3v) is 4.83. The Hall–Kier alpha value is -2.18. The molecule has 1 amide bonds. The highest BCUT2D eigenvalue weighted by molar-refractivity contribution is 5.96. The Kier molecular flexibility index (Phi) is 4.32. The standard InChI is InChI=1S/C18H22N4O2/c23-18(19-7-8-22-9-11-24-12-10-22)17-15-6-5-13-3-1-2-4-14(13)16(15)20-21-17/h1-4H,5-12H2,(H,19,23)(H,20,21). The van der Waals surface area contributed by atoms with Gasteiger partial charge in [0, 0.05) is 37.3 Å². The van der Waals surface area contributed by atoms with Crippen molar-refractivity contribution in [3.63, 3.8) is 0 Å². The fourth-order valence-corrected chi connectivity index (χ4v) is 3.49. The number of morpholine rings is 1. The summed E-state index contributed by atoms with van der Waals surface area (Å²) in [6, 6.07) is 8.28. The second-order valence-corrected chi connectivity index (χ2v) is 6.29. The van der Waals surface area contributed by atoms with Crippen molar-refractivity contribution in [3.8, 4) is 11.3 Å². The molecule has 2 heterocycles. The number of rotatable bonds is 4. The van der Waals surface area contributed by atoms with Crippen LogP contribution in [0.5, 0.6) is 0 Å². The molecule has 6 heteroatoms. The highest BCUT2D eigenvalue weighted by Crippen LogP contribution is 2.33. The second kappa shape index (κ2) is 6.75. The summed E-state index contributed by atoms with van der Waals surface area (Å²) in [5, 5.41) is 10.4. The van der Waals surface area contributed by atoms with Gasteiger partial charge in [0.1, 0.15) is 5.69 Å². The van der Waals surface area contributed by atoms with E-state index in [1.807, 2.05) is 6.07 Å². The van der Waals surface area contributed by atoms with Gasteiger partial charge in [-0.1, -0.05) is 24.3 Å². The minimum absolute atomic E-state index is 0.0589. The van der Waals surface area contributed by atoms with Crippen LogP contribution in [0.15, 0.2) is 24.3 Å². The smallest absolute Gasteiger partial charge is 0.269 e. The molecule has 0 spiro atoms. The number of hydrogen-bond donors (Lipinski definition) is 2. The number of benzene rings is 1. The number of nitrogens with zero attached hydrogens (tertiary/aromatic N) is 2. The maximum absolute atomic E-state index is 12.5. The second-order valence-electron chi connectivity index (χ2n) is 6.29. The monoisotopic (exact) mass is 326 g/mol. The first-order valence-corrected chi connectivity index (χ1v) is 8.57.